The van der Waals surface area contributed by atoms with Crippen molar-refractivity contribution in [3.8, 4) is 0 Å². The number of anilines is 1. The van der Waals surface area contributed by atoms with E-state index < -0.39 is 0 Å². The van der Waals surface area contributed by atoms with Gasteiger partial charge in [-0.1, -0.05) is 6.07 Å². The molecular formula is C25H29N5O4S. The maximum atomic E-state index is 13.3. The number of nitrogens with zero attached hydrogens (tertiary/aromatic N) is 3. The van der Waals surface area contributed by atoms with Gasteiger partial charge in [0.25, 0.3) is 11.5 Å². The highest BCUT2D eigenvalue weighted by atomic mass is 32.1. The largest absolute Gasteiger partial charge is 0.385 e. The molecule has 1 atom stereocenters. The number of likely N-dealkylation sites (tertiary alicyclic amines) is 1. The number of pyridine rings is 1. The molecule has 0 bridgehead atoms. The van der Waals surface area contributed by atoms with E-state index in [2.05, 4.69) is 15.3 Å². The number of hydrogen-bond donors (Lipinski definition) is 2. The number of aromatic nitrogens is 3. The molecule has 0 saturated carbocycles. The molecule has 0 radical (unpaired) electrons. The van der Waals surface area contributed by atoms with Crippen LogP contribution < -0.4 is 10.9 Å². The van der Waals surface area contributed by atoms with Crippen molar-refractivity contribution in [2.75, 3.05) is 32.1 Å². The highest BCUT2D eigenvalue weighted by molar-refractivity contribution is 7.71. The summed E-state index contributed by atoms with van der Waals surface area (Å²) in [6.07, 6.45) is 2.10. The van der Waals surface area contributed by atoms with Crippen LogP contribution in [-0.4, -0.2) is 58.1 Å². The van der Waals surface area contributed by atoms with Crippen LogP contribution in [0.2, 0.25) is 0 Å². The van der Waals surface area contributed by atoms with Crippen LogP contribution >= 0.6 is 12.2 Å². The lowest BCUT2D eigenvalue weighted by atomic mass is 9.96. The van der Waals surface area contributed by atoms with Gasteiger partial charge >= 0.3 is 0 Å². The molecule has 1 unspecified atom stereocenters. The summed E-state index contributed by atoms with van der Waals surface area (Å²) in [5.74, 6) is -0.129. The van der Waals surface area contributed by atoms with Crippen LogP contribution in [0.4, 0.5) is 5.82 Å². The van der Waals surface area contributed by atoms with Gasteiger partial charge in [-0.25, -0.2) is 4.98 Å². The van der Waals surface area contributed by atoms with E-state index in [0.717, 1.165) is 12.1 Å². The zero-order valence-electron chi connectivity index (χ0n) is 19.9. The Hall–Kier alpha value is -3.37. The molecule has 1 saturated heterocycles. The Labute approximate surface area is 208 Å². The average molecular weight is 496 g/mol. The number of aryl methyl sites for hydroxylation is 1. The van der Waals surface area contributed by atoms with Crippen LogP contribution in [0.5, 0.6) is 0 Å². The molecule has 0 aliphatic carbocycles. The first-order chi connectivity index (χ1) is 16.9. The average Bonchev–Trinajstić information content (AvgIpc) is 2.85. The zero-order chi connectivity index (χ0) is 24.9. The van der Waals surface area contributed by atoms with Crippen molar-refractivity contribution in [2.24, 2.45) is 5.92 Å². The topological polar surface area (TPSA) is 109 Å². The summed E-state index contributed by atoms with van der Waals surface area (Å²) >= 11 is 5.38. The van der Waals surface area contributed by atoms with Gasteiger partial charge in [-0.05, 0) is 68.7 Å². The Kier molecular flexibility index (Phi) is 7.72. The second-order valence-corrected chi connectivity index (χ2v) is 9.12. The molecule has 10 heteroatoms. The fraction of sp³-hybridized carbons (Fsp3) is 0.400. The Morgan fingerprint density at radius 2 is 2.11 bits per heavy atom. The number of methoxy groups -OCH3 is 1. The van der Waals surface area contributed by atoms with Crippen LogP contribution in [0, 0.1) is 17.6 Å². The van der Waals surface area contributed by atoms with Crippen molar-refractivity contribution in [3.63, 3.8) is 0 Å². The summed E-state index contributed by atoms with van der Waals surface area (Å²) in [7, 11) is 1.61. The fourth-order valence-corrected chi connectivity index (χ4v) is 4.64. The van der Waals surface area contributed by atoms with Gasteiger partial charge in [0.2, 0.25) is 5.91 Å². The van der Waals surface area contributed by atoms with Gasteiger partial charge in [-0.15, -0.1) is 0 Å². The van der Waals surface area contributed by atoms with E-state index in [9.17, 15) is 14.4 Å². The summed E-state index contributed by atoms with van der Waals surface area (Å²) in [6.45, 7) is 3.74. The van der Waals surface area contributed by atoms with Gasteiger partial charge in [0, 0.05) is 44.6 Å². The maximum Gasteiger partial charge on any atom is 0.262 e. The predicted octanol–water partition coefficient (Wildman–Crippen LogP) is 3.29. The third-order valence-corrected chi connectivity index (χ3v) is 6.50. The van der Waals surface area contributed by atoms with Crippen molar-refractivity contribution in [1.29, 1.82) is 0 Å². The molecular weight excluding hydrogens is 466 g/mol. The second kappa shape index (κ2) is 10.9. The second-order valence-electron chi connectivity index (χ2n) is 8.74. The minimum Gasteiger partial charge on any atom is -0.385 e. The number of ether oxygens (including phenoxy) is 1. The minimum atomic E-state index is -0.319. The van der Waals surface area contributed by atoms with Gasteiger partial charge in [0.15, 0.2) is 4.77 Å². The van der Waals surface area contributed by atoms with Crippen LogP contribution in [0.15, 0.2) is 41.2 Å². The number of rotatable bonds is 7. The highest BCUT2D eigenvalue weighted by Gasteiger charge is 2.29. The first kappa shape index (κ1) is 24.7. The first-order valence-corrected chi connectivity index (χ1v) is 12.1. The summed E-state index contributed by atoms with van der Waals surface area (Å²) in [6, 6.07) is 10.4. The van der Waals surface area contributed by atoms with Gasteiger partial charge in [-0.2, -0.15) is 0 Å². The third-order valence-electron chi connectivity index (χ3n) is 6.18. The summed E-state index contributed by atoms with van der Waals surface area (Å²) < 4.78 is 6.87. The summed E-state index contributed by atoms with van der Waals surface area (Å²) in [5.41, 5.74) is 1.59. The molecule has 35 heavy (non-hydrogen) atoms. The Morgan fingerprint density at radius 3 is 2.89 bits per heavy atom. The molecule has 1 aliphatic rings. The molecule has 1 aliphatic heterocycles. The SMILES string of the molecule is COCCCn1c(=S)[nH]c2cc(C(=O)N3CCCC(C(=O)Nc4cccc(C)n4)C3)ccc2c1=O. The molecule has 9 nitrogen and oxygen atoms in total. The lowest BCUT2D eigenvalue weighted by Gasteiger charge is -2.32. The van der Waals surface area contributed by atoms with Crippen molar-refractivity contribution in [1.82, 2.24) is 19.4 Å². The smallest absolute Gasteiger partial charge is 0.262 e. The highest BCUT2D eigenvalue weighted by Crippen LogP contribution is 2.21. The number of aromatic amines is 1. The van der Waals surface area contributed by atoms with Crippen molar-refractivity contribution in [3.05, 3.63) is 62.8 Å². The lowest BCUT2D eigenvalue weighted by Crippen LogP contribution is -2.43. The Bertz CT molecular complexity index is 1370. The molecule has 2 aromatic heterocycles. The number of fused-ring (bicyclic) bond motifs is 1. The van der Waals surface area contributed by atoms with E-state index in [0.29, 0.717) is 66.1 Å². The van der Waals surface area contributed by atoms with Crippen molar-refractivity contribution < 1.29 is 14.3 Å². The molecule has 0 spiro atoms. The molecule has 1 aromatic carbocycles. The number of piperidine rings is 1. The van der Waals surface area contributed by atoms with Crippen LogP contribution in [0.1, 0.15) is 35.3 Å². The van der Waals surface area contributed by atoms with E-state index in [1.54, 1.807) is 36.3 Å². The lowest BCUT2D eigenvalue weighted by molar-refractivity contribution is -0.121. The normalized spacial score (nSPS) is 15.8. The van der Waals surface area contributed by atoms with E-state index in [1.807, 2.05) is 19.1 Å². The maximum absolute atomic E-state index is 13.3. The first-order valence-electron chi connectivity index (χ1n) is 11.7. The molecule has 2 N–H and O–H groups in total. The molecule has 184 valence electrons. The summed E-state index contributed by atoms with van der Waals surface area (Å²) in [4.78, 5) is 48.1. The fourth-order valence-electron chi connectivity index (χ4n) is 4.36. The van der Waals surface area contributed by atoms with E-state index in [4.69, 9.17) is 17.0 Å². The van der Waals surface area contributed by atoms with E-state index >= 15 is 0 Å². The predicted molar refractivity (Wildman–Crippen MR) is 136 cm³/mol. The molecule has 3 heterocycles. The zero-order valence-corrected chi connectivity index (χ0v) is 20.7. The Balaban J connectivity index is 1.50. The Morgan fingerprint density at radius 1 is 1.29 bits per heavy atom. The molecule has 4 rings (SSSR count). The molecule has 1 fully saturated rings. The van der Waals surface area contributed by atoms with Gasteiger partial charge < -0.3 is 19.9 Å². The number of carbonyl (C=O) groups excluding carboxylic acids is 2. The monoisotopic (exact) mass is 495 g/mol. The van der Waals surface area contributed by atoms with Crippen LogP contribution in [-0.2, 0) is 16.1 Å². The van der Waals surface area contributed by atoms with Crippen molar-refractivity contribution in [2.45, 2.75) is 32.7 Å². The quantitative estimate of drug-likeness (QED) is 0.385. The number of benzene rings is 1. The van der Waals surface area contributed by atoms with E-state index in [1.165, 1.54) is 4.57 Å². The summed E-state index contributed by atoms with van der Waals surface area (Å²) in [5, 5.41) is 3.33. The van der Waals surface area contributed by atoms with Gasteiger partial charge in [-0.3, -0.25) is 19.0 Å². The van der Waals surface area contributed by atoms with Crippen molar-refractivity contribution >= 4 is 40.8 Å². The molecule has 2 amide bonds. The van der Waals surface area contributed by atoms with Crippen LogP contribution in [0.3, 0.4) is 0 Å². The number of hydrogen-bond acceptors (Lipinski definition) is 6. The van der Waals surface area contributed by atoms with Gasteiger partial charge in [0.1, 0.15) is 5.82 Å². The third kappa shape index (κ3) is 5.66. The molecule has 3 aromatic rings. The standard InChI is InChI=1S/C25H29N5O4S/c1-16-6-3-8-21(26-16)28-22(31)18-7-4-11-29(15-18)23(32)17-9-10-19-20(14-17)27-25(35)30(24(19)33)12-5-13-34-2/h3,6,8-10,14,18H,4-5,7,11-13,15H2,1-2H3,(H,27,35)(H,26,28,31). The number of amides is 2. The van der Waals surface area contributed by atoms with Crippen LogP contribution in [0.25, 0.3) is 10.9 Å². The number of carbonyl (C=O) groups is 2. The minimum absolute atomic E-state index is 0.141. The van der Waals surface area contributed by atoms with Gasteiger partial charge in [0.05, 0.1) is 16.8 Å². The number of nitrogens with one attached hydrogen (secondary N) is 2. The number of H-pyrrole nitrogens is 1. The van der Waals surface area contributed by atoms with E-state index in [-0.39, 0.29) is 23.3 Å².